The molecular formula is C10H13NO5S2. The summed E-state index contributed by atoms with van der Waals surface area (Å²) in [5, 5.41) is 10.0. The third-order valence-corrected chi connectivity index (χ3v) is 4.96. The highest BCUT2D eigenvalue weighted by Crippen LogP contribution is 2.22. The summed E-state index contributed by atoms with van der Waals surface area (Å²) in [5.74, 6) is -1.14. The first-order valence-corrected chi connectivity index (χ1v) is 7.84. The van der Waals surface area contributed by atoms with E-state index in [0.717, 1.165) is 43.1 Å². The van der Waals surface area contributed by atoms with Gasteiger partial charge in [-0.05, 0) is 18.9 Å². The van der Waals surface area contributed by atoms with Crippen molar-refractivity contribution in [3.63, 3.8) is 0 Å². The molecule has 18 heavy (non-hydrogen) atoms. The molecule has 2 rings (SSSR count). The van der Waals surface area contributed by atoms with Crippen molar-refractivity contribution in [3.05, 3.63) is 16.3 Å². The Morgan fingerprint density at radius 1 is 1.44 bits per heavy atom. The molecule has 1 aliphatic rings. The molecule has 8 heteroatoms. The Hall–Kier alpha value is -0.960. The van der Waals surface area contributed by atoms with E-state index in [1.54, 1.807) is 0 Å². The third-order valence-electron chi connectivity index (χ3n) is 2.72. The van der Waals surface area contributed by atoms with Gasteiger partial charge in [-0.3, -0.25) is 4.84 Å². The molecule has 0 radical (unpaired) electrons. The van der Waals surface area contributed by atoms with Crippen LogP contribution in [0, 0.1) is 0 Å². The highest BCUT2D eigenvalue weighted by Gasteiger charge is 2.22. The minimum absolute atomic E-state index is 0.0174. The van der Waals surface area contributed by atoms with Gasteiger partial charge in [-0.25, -0.2) is 13.2 Å². The van der Waals surface area contributed by atoms with E-state index < -0.39 is 16.0 Å². The molecule has 2 N–H and O–H groups in total. The third kappa shape index (κ3) is 3.08. The summed E-state index contributed by atoms with van der Waals surface area (Å²) in [6.45, 7) is 0. The normalized spacial score (nSPS) is 17.1. The molecule has 1 aromatic rings. The summed E-state index contributed by atoms with van der Waals surface area (Å²) in [7, 11) is -3.79. The fourth-order valence-electron chi connectivity index (χ4n) is 1.76. The summed E-state index contributed by atoms with van der Waals surface area (Å²) in [4.78, 5) is 17.7. The maximum Gasteiger partial charge on any atom is 0.345 e. The van der Waals surface area contributed by atoms with Crippen LogP contribution in [0.25, 0.3) is 0 Å². The zero-order chi connectivity index (χ0) is 13.2. The van der Waals surface area contributed by atoms with Crippen LogP contribution in [-0.2, 0) is 14.9 Å². The number of sulfonamides is 1. The quantitative estimate of drug-likeness (QED) is 0.804. The summed E-state index contributed by atoms with van der Waals surface area (Å²) in [5.41, 5.74) is 0. The lowest BCUT2D eigenvalue weighted by Gasteiger charge is -2.10. The van der Waals surface area contributed by atoms with E-state index in [1.165, 1.54) is 5.38 Å². The van der Waals surface area contributed by atoms with E-state index in [2.05, 4.69) is 4.89 Å². The average Bonchev–Trinajstić information content (AvgIpc) is 2.98. The molecule has 0 atom stereocenters. The lowest BCUT2D eigenvalue weighted by Crippen LogP contribution is -2.28. The molecule has 0 amide bonds. The second-order valence-electron chi connectivity index (χ2n) is 4.06. The fraction of sp³-hybridized carbons (Fsp3) is 0.500. The molecule has 0 aliphatic heterocycles. The van der Waals surface area contributed by atoms with Crippen molar-refractivity contribution in [1.29, 1.82) is 0 Å². The minimum Gasteiger partial charge on any atom is -0.477 e. The first-order valence-electron chi connectivity index (χ1n) is 5.48. The molecule has 1 aliphatic carbocycles. The summed E-state index contributed by atoms with van der Waals surface area (Å²) in [6, 6.07) is 1.12. The summed E-state index contributed by atoms with van der Waals surface area (Å²) < 4.78 is 23.6. The molecule has 1 fully saturated rings. The van der Waals surface area contributed by atoms with Gasteiger partial charge in [0.25, 0.3) is 10.0 Å². The Morgan fingerprint density at radius 3 is 2.67 bits per heavy atom. The molecule has 1 aromatic heterocycles. The Labute approximate surface area is 109 Å². The van der Waals surface area contributed by atoms with Gasteiger partial charge < -0.3 is 5.11 Å². The van der Waals surface area contributed by atoms with Gasteiger partial charge in [0.1, 0.15) is 4.88 Å². The second-order valence-corrected chi connectivity index (χ2v) is 6.62. The zero-order valence-corrected chi connectivity index (χ0v) is 11.1. The van der Waals surface area contributed by atoms with Gasteiger partial charge in [0.2, 0.25) is 0 Å². The van der Waals surface area contributed by atoms with Crippen LogP contribution in [-0.4, -0.2) is 25.6 Å². The van der Waals surface area contributed by atoms with Gasteiger partial charge in [0, 0.05) is 5.38 Å². The maximum absolute atomic E-state index is 11.8. The number of hydrogen-bond donors (Lipinski definition) is 2. The van der Waals surface area contributed by atoms with Crippen LogP contribution in [0.15, 0.2) is 16.3 Å². The number of thiophene rings is 1. The second kappa shape index (κ2) is 5.35. The van der Waals surface area contributed by atoms with Crippen molar-refractivity contribution in [2.75, 3.05) is 0 Å². The Morgan fingerprint density at radius 2 is 2.11 bits per heavy atom. The Kier molecular flexibility index (Phi) is 4.00. The lowest BCUT2D eigenvalue weighted by atomic mass is 10.3. The molecule has 0 unspecified atom stereocenters. The largest absolute Gasteiger partial charge is 0.477 e. The number of carboxylic acid groups (broad SMARTS) is 1. The number of aromatic carboxylic acids is 1. The van der Waals surface area contributed by atoms with Crippen LogP contribution in [0.4, 0.5) is 0 Å². The van der Waals surface area contributed by atoms with Crippen LogP contribution in [0.5, 0.6) is 0 Å². The highest BCUT2D eigenvalue weighted by molar-refractivity contribution is 7.89. The predicted molar refractivity (Wildman–Crippen MR) is 64.9 cm³/mol. The fourth-order valence-corrected chi connectivity index (χ4v) is 3.72. The zero-order valence-electron chi connectivity index (χ0n) is 9.46. The van der Waals surface area contributed by atoms with Crippen LogP contribution >= 0.6 is 11.3 Å². The highest BCUT2D eigenvalue weighted by atomic mass is 32.2. The van der Waals surface area contributed by atoms with E-state index in [-0.39, 0.29) is 15.9 Å². The number of nitrogens with one attached hydrogen (secondary N) is 1. The van der Waals surface area contributed by atoms with Crippen LogP contribution in [0.1, 0.15) is 35.4 Å². The minimum atomic E-state index is -3.79. The van der Waals surface area contributed by atoms with E-state index >= 15 is 0 Å². The summed E-state index contributed by atoms with van der Waals surface area (Å²) >= 11 is 0.868. The molecule has 1 heterocycles. The van der Waals surface area contributed by atoms with Crippen LogP contribution in [0.2, 0.25) is 0 Å². The van der Waals surface area contributed by atoms with Crippen molar-refractivity contribution < 1.29 is 23.2 Å². The molecular weight excluding hydrogens is 278 g/mol. The average molecular weight is 291 g/mol. The molecule has 1 saturated carbocycles. The molecule has 0 saturated heterocycles. The van der Waals surface area contributed by atoms with E-state index in [9.17, 15) is 13.2 Å². The Bertz CT molecular complexity index is 530. The molecule has 0 bridgehead atoms. The monoisotopic (exact) mass is 291 g/mol. The molecule has 100 valence electrons. The first-order chi connectivity index (χ1) is 8.49. The standard InChI is InChI=1S/C10H13NO5S2/c12-10(13)9-5-8(6-17-9)18(14,15)11-16-7-3-1-2-4-7/h5-7,11H,1-4H2,(H,12,13). The topological polar surface area (TPSA) is 92.7 Å². The van der Waals surface area contributed by atoms with Crippen molar-refractivity contribution in [1.82, 2.24) is 4.89 Å². The van der Waals surface area contributed by atoms with Gasteiger partial charge >= 0.3 is 5.97 Å². The van der Waals surface area contributed by atoms with E-state index in [1.807, 2.05) is 0 Å². The number of carboxylic acids is 1. The van der Waals surface area contributed by atoms with Crippen LogP contribution in [0.3, 0.4) is 0 Å². The van der Waals surface area contributed by atoms with E-state index in [4.69, 9.17) is 9.94 Å². The van der Waals surface area contributed by atoms with Crippen molar-refractivity contribution >= 4 is 27.3 Å². The van der Waals surface area contributed by atoms with Gasteiger partial charge in [-0.2, -0.15) is 0 Å². The SMILES string of the molecule is O=C(O)c1cc(S(=O)(=O)NOC2CCCC2)cs1. The lowest BCUT2D eigenvalue weighted by molar-refractivity contribution is 0.0223. The molecule has 0 aromatic carbocycles. The van der Waals surface area contributed by atoms with E-state index in [0.29, 0.717) is 0 Å². The van der Waals surface area contributed by atoms with Gasteiger partial charge in [0.15, 0.2) is 0 Å². The molecule has 6 nitrogen and oxygen atoms in total. The Balaban J connectivity index is 2.02. The molecule has 0 spiro atoms. The van der Waals surface area contributed by atoms with Crippen molar-refractivity contribution in [2.24, 2.45) is 0 Å². The predicted octanol–water partition coefficient (Wildman–Crippen LogP) is 1.60. The maximum atomic E-state index is 11.8. The number of carbonyl (C=O) groups is 1. The van der Waals surface area contributed by atoms with Crippen molar-refractivity contribution in [2.45, 2.75) is 36.7 Å². The van der Waals surface area contributed by atoms with Crippen LogP contribution < -0.4 is 4.89 Å². The van der Waals surface area contributed by atoms with Gasteiger partial charge in [-0.15, -0.1) is 11.3 Å². The van der Waals surface area contributed by atoms with Gasteiger partial charge in [0.05, 0.1) is 11.0 Å². The van der Waals surface area contributed by atoms with Gasteiger partial charge in [-0.1, -0.05) is 17.7 Å². The number of hydrogen-bond acceptors (Lipinski definition) is 5. The first kappa shape index (κ1) is 13.5. The summed E-state index contributed by atoms with van der Waals surface area (Å²) in [6.07, 6.45) is 3.67. The smallest absolute Gasteiger partial charge is 0.345 e. The number of rotatable bonds is 5. The van der Waals surface area contributed by atoms with Crippen molar-refractivity contribution in [3.8, 4) is 0 Å².